The normalized spacial score (nSPS) is 17.2. The molecule has 0 saturated heterocycles. The quantitative estimate of drug-likeness (QED) is 0.230. The van der Waals surface area contributed by atoms with Gasteiger partial charge in [0, 0.05) is 5.56 Å². The van der Waals surface area contributed by atoms with Gasteiger partial charge < -0.3 is 14.1 Å². The molecule has 1 spiro atoms. The first-order valence-electron chi connectivity index (χ1n) is 14.2. The van der Waals surface area contributed by atoms with Crippen molar-refractivity contribution in [2.75, 3.05) is 16.9 Å². The molecule has 0 saturated carbocycles. The van der Waals surface area contributed by atoms with E-state index in [-0.39, 0.29) is 28.6 Å². The number of benzene rings is 4. The Labute approximate surface area is 255 Å². The number of ether oxygens (including phenoxy) is 1. The summed E-state index contributed by atoms with van der Waals surface area (Å²) in [5.74, 6) is -0.513. The molecule has 2 aliphatic rings. The Balaban J connectivity index is 1.44. The van der Waals surface area contributed by atoms with E-state index in [9.17, 15) is 9.59 Å². The number of hydrogen-bond donors (Lipinski definition) is 0. The first-order valence-corrected chi connectivity index (χ1v) is 15.0. The predicted molar refractivity (Wildman–Crippen MR) is 170 cm³/mol. The van der Waals surface area contributed by atoms with E-state index in [1.165, 1.54) is 16.2 Å². The number of hydrogen-bond acceptors (Lipinski definition) is 7. The van der Waals surface area contributed by atoms with Crippen molar-refractivity contribution in [2.45, 2.75) is 25.9 Å². The first kappa shape index (κ1) is 26.4. The predicted octanol–water partition coefficient (Wildman–Crippen LogP) is 6.48. The molecule has 0 N–H and O–H groups in total. The number of thiazole rings is 1. The van der Waals surface area contributed by atoms with E-state index in [0.29, 0.717) is 27.9 Å². The van der Waals surface area contributed by atoms with Gasteiger partial charge in [-0.25, -0.2) is 4.98 Å². The molecule has 44 heavy (non-hydrogen) atoms. The van der Waals surface area contributed by atoms with Crippen LogP contribution in [0.4, 0.5) is 10.8 Å². The van der Waals surface area contributed by atoms with E-state index in [2.05, 4.69) is 0 Å². The van der Waals surface area contributed by atoms with Crippen molar-refractivity contribution in [3.63, 3.8) is 0 Å². The second-order valence-corrected chi connectivity index (χ2v) is 12.2. The second kappa shape index (κ2) is 9.36. The largest absolute Gasteiger partial charge is 0.497 e. The van der Waals surface area contributed by atoms with Gasteiger partial charge in [-0.1, -0.05) is 71.0 Å². The number of nitrogens with zero attached hydrogens (tertiary/aromatic N) is 3. The molecular formula is C35H25N3O5S. The molecule has 0 aliphatic carbocycles. The van der Waals surface area contributed by atoms with E-state index in [4.69, 9.17) is 14.1 Å². The van der Waals surface area contributed by atoms with Crippen molar-refractivity contribution < 1.29 is 18.7 Å². The molecule has 8 nitrogen and oxygen atoms in total. The standard InChI is InChI=1S/C35H25N3O5S/c1-19-8-11-21(12-9-19)18-37-26-7-5-4-6-24(26)35(33(37)41)29-30(39)23-16-20(2)10-15-27(23)43-31(29)32(40)38(35)34-36-25-14-13-22(42-3)17-28(25)44-34/h4-17H,18H2,1-3H3. The fraction of sp³-hybridized carbons (Fsp3) is 0.143. The van der Waals surface area contributed by atoms with Gasteiger partial charge in [0.1, 0.15) is 11.3 Å². The van der Waals surface area contributed by atoms with Gasteiger partial charge in [0.25, 0.3) is 11.8 Å². The Kier molecular flexibility index (Phi) is 5.61. The molecule has 0 bridgehead atoms. The average molecular weight is 600 g/mol. The summed E-state index contributed by atoms with van der Waals surface area (Å²) in [6, 6.07) is 26.0. The molecule has 2 amide bonds. The van der Waals surface area contributed by atoms with E-state index >= 15 is 4.79 Å². The van der Waals surface area contributed by atoms with Crippen LogP contribution in [-0.2, 0) is 16.9 Å². The summed E-state index contributed by atoms with van der Waals surface area (Å²) in [6.45, 7) is 4.14. The number of fused-ring (bicyclic) bond motifs is 6. The maximum absolute atomic E-state index is 15.1. The highest BCUT2D eigenvalue weighted by Gasteiger charge is 2.66. The Morgan fingerprint density at radius 1 is 0.909 bits per heavy atom. The highest BCUT2D eigenvalue weighted by atomic mass is 32.1. The van der Waals surface area contributed by atoms with Crippen molar-refractivity contribution in [2.24, 2.45) is 0 Å². The third kappa shape index (κ3) is 3.50. The van der Waals surface area contributed by atoms with Gasteiger partial charge in [-0.05, 0) is 55.8 Å². The third-order valence-electron chi connectivity index (χ3n) is 8.52. The van der Waals surface area contributed by atoms with Crippen LogP contribution in [0.15, 0.2) is 94.1 Å². The van der Waals surface area contributed by atoms with Crippen LogP contribution in [0.3, 0.4) is 0 Å². The Bertz CT molecular complexity index is 2250. The summed E-state index contributed by atoms with van der Waals surface area (Å²) in [4.78, 5) is 52.0. The molecule has 9 heteroatoms. The van der Waals surface area contributed by atoms with E-state index < -0.39 is 22.8 Å². The molecule has 2 aliphatic heterocycles. The van der Waals surface area contributed by atoms with Crippen LogP contribution >= 0.6 is 11.3 Å². The molecule has 1 atom stereocenters. The van der Waals surface area contributed by atoms with Gasteiger partial charge in [0.05, 0.1) is 40.5 Å². The number of rotatable bonds is 4. The molecule has 4 aromatic carbocycles. The maximum atomic E-state index is 15.1. The molecule has 6 aromatic rings. The van der Waals surface area contributed by atoms with Gasteiger partial charge >= 0.3 is 0 Å². The lowest BCUT2D eigenvalue weighted by Gasteiger charge is -2.32. The van der Waals surface area contributed by atoms with Gasteiger partial charge in [-0.3, -0.25) is 19.3 Å². The minimum atomic E-state index is -1.82. The van der Waals surface area contributed by atoms with E-state index in [1.807, 2.05) is 80.6 Å². The molecular weight excluding hydrogens is 574 g/mol. The Morgan fingerprint density at radius 2 is 1.68 bits per heavy atom. The number of methoxy groups -OCH3 is 1. The molecule has 1 unspecified atom stereocenters. The van der Waals surface area contributed by atoms with Gasteiger partial charge in [0.15, 0.2) is 16.1 Å². The average Bonchev–Trinajstić information content (AvgIpc) is 3.64. The lowest BCUT2D eigenvalue weighted by molar-refractivity contribution is -0.121. The van der Waals surface area contributed by atoms with Gasteiger partial charge in [0.2, 0.25) is 5.76 Å². The first-order chi connectivity index (χ1) is 21.3. The number of amides is 2. The summed E-state index contributed by atoms with van der Waals surface area (Å²) in [5, 5.41) is 0.596. The van der Waals surface area contributed by atoms with Crippen LogP contribution in [0.5, 0.6) is 5.75 Å². The van der Waals surface area contributed by atoms with Crippen molar-refractivity contribution in [3.8, 4) is 5.75 Å². The summed E-state index contributed by atoms with van der Waals surface area (Å²) in [7, 11) is 1.58. The summed E-state index contributed by atoms with van der Waals surface area (Å²) < 4.78 is 12.4. The number of aromatic nitrogens is 1. The maximum Gasteiger partial charge on any atom is 0.297 e. The van der Waals surface area contributed by atoms with Crippen molar-refractivity contribution in [1.29, 1.82) is 0 Å². The zero-order valence-electron chi connectivity index (χ0n) is 24.1. The summed E-state index contributed by atoms with van der Waals surface area (Å²) in [6.07, 6.45) is 0. The lowest BCUT2D eigenvalue weighted by atomic mass is 9.84. The molecule has 0 fully saturated rings. The van der Waals surface area contributed by atoms with Crippen LogP contribution in [0.25, 0.3) is 21.2 Å². The van der Waals surface area contributed by atoms with E-state index in [0.717, 1.165) is 21.4 Å². The topological polar surface area (TPSA) is 93.0 Å². The van der Waals surface area contributed by atoms with Crippen molar-refractivity contribution >= 4 is 55.2 Å². The molecule has 2 aromatic heterocycles. The Morgan fingerprint density at radius 3 is 2.48 bits per heavy atom. The van der Waals surface area contributed by atoms with Crippen LogP contribution in [-0.4, -0.2) is 23.9 Å². The SMILES string of the molecule is COc1ccc2nc(N3C(=O)c4oc5ccc(C)cc5c(=O)c4C34C(=O)N(Cc3ccc(C)cc3)c3ccccc34)sc2c1. The monoisotopic (exact) mass is 599 g/mol. The fourth-order valence-corrected chi connectivity index (χ4v) is 7.47. The zero-order chi connectivity index (χ0) is 30.3. The minimum absolute atomic E-state index is 0.0151. The number of para-hydroxylation sites is 1. The van der Waals surface area contributed by atoms with Crippen molar-refractivity contribution in [3.05, 3.63) is 129 Å². The highest BCUT2D eigenvalue weighted by Crippen LogP contribution is 2.55. The molecule has 8 rings (SSSR count). The Hall–Kier alpha value is -5.28. The van der Waals surface area contributed by atoms with Crippen LogP contribution in [0, 0.1) is 13.8 Å². The van der Waals surface area contributed by atoms with Crippen LogP contribution < -0.4 is 20.0 Å². The number of carbonyl (C=O) groups is 2. The van der Waals surface area contributed by atoms with Crippen molar-refractivity contribution in [1.82, 2.24) is 4.98 Å². The van der Waals surface area contributed by atoms with Crippen LogP contribution in [0.2, 0.25) is 0 Å². The second-order valence-electron chi connectivity index (χ2n) is 11.2. The van der Waals surface area contributed by atoms with Crippen LogP contribution in [0.1, 0.15) is 38.4 Å². The number of carbonyl (C=O) groups excluding carboxylic acids is 2. The lowest BCUT2D eigenvalue weighted by Crippen LogP contribution is -2.53. The highest BCUT2D eigenvalue weighted by molar-refractivity contribution is 7.22. The molecule has 4 heterocycles. The molecule has 216 valence electrons. The van der Waals surface area contributed by atoms with Gasteiger partial charge in [-0.15, -0.1) is 0 Å². The fourth-order valence-electron chi connectivity index (χ4n) is 6.43. The minimum Gasteiger partial charge on any atom is -0.497 e. The number of aryl methyl sites for hydroxylation is 2. The van der Waals surface area contributed by atoms with E-state index in [1.54, 1.807) is 30.2 Å². The molecule has 0 radical (unpaired) electrons. The zero-order valence-corrected chi connectivity index (χ0v) is 24.9. The third-order valence-corrected chi connectivity index (χ3v) is 9.52. The summed E-state index contributed by atoms with van der Waals surface area (Å²) >= 11 is 1.25. The van der Waals surface area contributed by atoms with Gasteiger partial charge in [-0.2, -0.15) is 0 Å². The smallest absolute Gasteiger partial charge is 0.297 e. The summed E-state index contributed by atoms with van der Waals surface area (Å²) in [5.41, 5.74) is 2.74. The number of anilines is 2.